The number of alkyl halides is 1. The first-order valence-electron chi connectivity index (χ1n) is 9.33. The van der Waals surface area contributed by atoms with E-state index in [0.717, 1.165) is 23.7 Å². The van der Waals surface area contributed by atoms with Crippen LogP contribution in [-0.2, 0) is 20.7 Å². The summed E-state index contributed by atoms with van der Waals surface area (Å²) in [5.74, 6) is -0.287. The Hall–Kier alpha value is -2.08. The van der Waals surface area contributed by atoms with Gasteiger partial charge < -0.3 is 14.6 Å². The van der Waals surface area contributed by atoms with Crippen LogP contribution >= 0.6 is 15.9 Å². The van der Waals surface area contributed by atoms with Crippen LogP contribution in [0.5, 0.6) is 0 Å². The third kappa shape index (κ3) is 6.24. The van der Waals surface area contributed by atoms with E-state index in [2.05, 4.69) is 33.9 Å². The van der Waals surface area contributed by atoms with Crippen molar-refractivity contribution in [1.29, 1.82) is 0 Å². The number of carbonyl (C=O) groups is 2. The summed E-state index contributed by atoms with van der Waals surface area (Å²) in [5, 5.41) is 2.02. The molecule has 0 spiro atoms. The molecule has 0 fully saturated rings. The molecule has 0 saturated carbocycles. The van der Waals surface area contributed by atoms with Crippen molar-refractivity contribution in [3.8, 4) is 0 Å². The van der Waals surface area contributed by atoms with Gasteiger partial charge in [-0.25, -0.2) is 4.79 Å². The van der Waals surface area contributed by atoms with Crippen molar-refractivity contribution in [2.24, 2.45) is 5.92 Å². The summed E-state index contributed by atoms with van der Waals surface area (Å²) in [5.41, 5.74) is 2.28. The second-order valence-corrected chi connectivity index (χ2v) is 7.06. The number of rotatable bonds is 10. The molecule has 0 radical (unpaired) electrons. The fourth-order valence-corrected chi connectivity index (χ4v) is 3.58. The lowest BCUT2D eigenvalue weighted by Gasteiger charge is -2.25. The first-order valence-corrected chi connectivity index (χ1v) is 10.5. The zero-order chi connectivity index (χ0) is 19.6. The van der Waals surface area contributed by atoms with E-state index in [-0.39, 0.29) is 5.91 Å². The Labute approximate surface area is 168 Å². The number of hydrogen-bond donors (Lipinski definition) is 1. The van der Waals surface area contributed by atoms with Crippen molar-refractivity contribution >= 4 is 38.7 Å². The molecule has 146 valence electrons. The maximum absolute atomic E-state index is 12.7. The molecule has 0 unspecified atom stereocenters. The number of nitrogens with one attached hydrogen (secondary N) is 1. The molecule has 1 aromatic carbocycles. The number of halogens is 1. The minimum atomic E-state index is -0.491. The number of carbonyl (C=O) groups excluding carboxylic acids is 2. The van der Waals surface area contributed by atoms with Crippen LogP contribution in [0, 0.1) is 5.92 Å². The summed E-state index contributed by atoms with van der Waals surface area (Å²) in [4.78, 5) is 29.2. The minimum absolute atomic E-state index is 0.165. The number of benzene rings is 1. The summed E-state index contributed by atoms with van der Waals surface area (Å²) in [7, 11) is 0. The van der Waals surface area contributed by atoms with E-state index in [1.165, 1.54) is 23.1 Å². The van der Waals surface area contributed by atoms with Crippen molar-refractivity contribution in [3.63, 3.8) is 0 Å². The summed E-state index contributed by atoms with van der Waals surface area (Å²) >= 11 is 3.52. The lowest BCUT2D eigenvalue weighted by Crippen LogP contribution is -2.36. The topological polar surface area (TPSA) is 62.4 Å². The van der Waals surface area contributed by atoms with Crippen LogP contribution in [0.4, 0.5) is 0 Å². The molecule has 1 atom stereocenters. The van der Waals surface area contributed by atoms with E-state index >= 15 is 0 Å². The highest BCUT2D eigenvalue weighted by atomic mass is 79.9. The van der Waals surface area contributed by atoms with Gasteiger partial charge in [0.15, 0.2) is 0 Å². The Bertz CT molecular complexity index is 781. The normalized spacial score (nSPS) is 12.4. The van der Waals surface area contributed by atoms with Crippen LogP contribution in [0.1, 0.15) is 25.8 Å². The Kier molecular flexibility index (Phi) is 8.58. The molecule has 1 amide bonds. The molecule has 1 heterocycles. The average molecular weight is 435 g/mol. The lowest BCUT2D eigenvalue weighted by atomic mass is 10.1. The molecule has 0 bridgehead atoms. The van der Waals surface area contributed by atoms with Crippen LogP contribution in [0.2, 0.25) is 0 Å². The maximum Gasteiger partial charge on any atom is 0.330 e. The predicted octanol–water partition coefficient (Wildman–Crippen LogP) is 4.08. The van der Waals surface area contributed by atoms with Gasteiger partial charge in [-0.05, 0) is 30.9 Å². The van der Waals surface area contributed by atoms with Crippen molar-refractivity contribution in [2.45, 2.75) is 26.7 Å². The molecule has 1 N–H and O–H groups in total. The summed E-state index contributed by atoms with van der Waals surface area (Å²) in [6.45, 7) is 5.39. The van der Waals surface area contributed by atoms with Gasteiger partial charge in [-0.1, -0.05) is 47.5 Å². The smallest absolute Gasteiger partial charge is 0.330 e. The van der Waals surface area contributed by atoms with Gasteiger partial charge in [-0.2, -0.15) is 0 Å². The first kappa shape index (κ1) is 21.2. The number of aromatic amines is 1. The standard InChI is InChI=1S/C21H27BrN2O3/c1-3-16(13-22)15-24(20(25)9-10-21(26)27-4-2)12-11-17-14-23-19-8-6-5-7-18(17)19/h5-10,14,16,23H,3-4,11-13,15H2,1-2H3/b10-9+/t16-/m0/s1. The Morgan fingerprint density at radius 3 is 2.74 bits per heavy atom. The zero-order valence-electron chi connectivity index (χ0n) is 15.9. The average Bonchev–Trinajstić information content (AvgIpc) is 3.10. The molecule has 1 aromatic heterocycles. The van der Waals surface area contributed by atoms with Crippen molar-refractivity contribution in [2.75, 3.05) is 25.0 Å². The molecular weight excluding hydrogens is 408 g/mol. The van der Waals surface area contributed by atoms with E-state index in [0.29, 0.717) is 25.6 Å². The van der Waals surface area contributed by atoms with Crippen molar-refractivity contribution in [1.82, 2.24) is 9.88 Å². The zero-order valence-corrected chi connectivity index (χ0v) is 17.5. The van der Waals surface area contributed by atoms with E-state index in [4.69, 9.17) is 4.74 Å². The summed E-state index contributed by atoms with van der Waals surface area (Å²) in [6, 6.07) is 8.15. The first-order chi connectivity index (χ1) is 13.1. The third-order valence-corrected chi connectivity index (χ3v) is 5.48. The van der Waals surface area contributed by atoms with E-state index in [1.54, 1.807) is 6.92 Å². The van der Waals surface area contributed by atoms with Gasteiger partial charge in [-0.15, -0.1) is 0 Å². The molecule has 27 heavy (non-hydrogen) atoms. The quantitative estimate of drug-likeness (QED) is 0.348. The Morgan fingerprint density at radius 2 is 2.04 bits per heavy atom. The fourth-order valence-electron chi connectivity index (χ4n) is 2.92. The molecule has 5 nitrogen and oxygen atoms in total. The summed E-state index contributed by atoms with van der Waals surface area (Å²) < 4.78 is 4.85. The van der Waals surface area contributed by atoms with Crippen LogP contribution in [-0.4, -0.2) is 46.8 Å². The van der Waals surface area contributed by atoms with Gasteiger partial charge >= 0.3 is 5.97 Å². The highest BCUT2D eigenvalue weighted by Crippen LogP contribution is 2.19. The van der Waals surface area contributed by atoms with E-state index in [9.17, 15) is 9.59 Å². The molecule has 0 aliphatic carbocycles. The number of fused-ring (bicyclic) bond motifs is 1. The van der Waals surface area contributed by atoms with Crippen LogP contribution < -0.4 is 0 Å². The van der Waals surface area contributed by atoms with Gasteiger partial charge in [0.2, 0.25) is 5.91 Å². The van der Waals surface area contributed by atoms with Gasteiger partial charge in [0.05, 0.1) is 6.61 Å². The SMILES string of the molecule is CCOC(=O)/C=C/C(=O)N(CCc1c[nH]c2ccccc12)C[C@@H](CC)CBr. The van der Waals surface area contributed by atoms with Crippen molar-refractivity contribution < 1.29 is 14.3 Å². The predicted molar refractivity (Wildman–Crippen MR) is 112 cm³/mol. The molecule has 0 aliphatic rings. The highest BCUT2D eigenvalue weighted by molar-refractivity contribution is 9.09. The van der Waals surface area contributed by atoms with Crippen LogP contribution in [0.25, 0.3) is 10.9 Å². The van der Waals surface area contributed by atoms with Gasteiger partial charge in [0, 0.05) is 47.7 Å². The van der Waals surface area contributed by atoms with Crippen LogP contribution in [0.3, 0.4) is 0 Å². The number of amides is 1. The second kappa shape index (κ2) is 10.9. The number of nitrogens with zero attached hydrogens (tertiary/aromatic N) is 1. The number of para-hydroxylation sites is 1. The maximum atomic E-state index is 12.7. The molecular formula is C21H27BrN2O3. The number of H-pyrrole nitrogens is 1. The second-order valence-electron chi connectivity index (χ2n) is 6.41. The summed E-state index contributed by atoms with van der Waals surface area (Å²) in [6.07, 6.45) is 6.25. The van der Waals surface area contributed by atoms with Gasteiger partial charge in [-0.3, -0.25) is 4.79 Å². The van der Waals surface area contributed by atoms with E-state index < -0.39 is 5.97 Å². The lowest BCUT2D eigenvalue weighted by molar-refractivity contribution is -0.137. The fraction of sp³-hybridized carbons (Fsp3) is 0.429. The minimum Gasteiger partial charge on any atom is -0.463 e. The molecule has 2 aromatic rings. The Morgan fingerprint density at radius 1 is 1.26 bits per heavy atom. The monoisotopic (exact) mass is 434 g/mol. The largest absolute Gasteiger partial charge is 0.463 e. The molecule has 6 heteroatoms. The number of aromatic nitrogens is 1. The van der Waals surface area contributed by atoms with Crippen molar-refractivity contribution in [3.05, 3.63) is 48.2 Å². The number of esters is 1. The third-order valence-electron chi connectivity index (χ3n) is 4.56. The molecule has 0 aliphatic heterocycles. The van der Waals surface area contributed by atoms with Gasteiger partial charge in [0.1, 0.15) is 0 Å². The molecule has 0 saturated heterocycles. The Balaban J connectivity index is 2.09. The van der Waals surface area contributed by atoms with Gasteiger partial charge in [0.25, 0.3) is 0 Å². The highest BCUT2D eigenvalue weighted by Gasteiger charge is 2.17. The number of ether oxygens (including phenoxy) is 1. The number of hydrogen-bond acceptors (Lipinski definition) is 3. The van der Waals surface area contributed by atoms with Crippen LogP contribution in [0.15, 0.2) is 42.6 Å². The van der Waals surface area contributed by atoms with E-state index in [1.807, 2.05) is 29.3 Å². The molecule has 2 rings (SSSR count).